The second-order valence-corrected chi connectivity index (χ2v) is 4.67. The standard InChI is InChI=1S/C17H17N3O2/c1-3-9-22-16-10-12(21-4-2)5-6-13(16)17-19-14-7-8-18-11-15(14)20-17/h3,5-8,10-11H,1,4,9H2,2H3,(H,19,20). The zero-order valence-electron chi connectivity index (χ0n) is 12.4. The van der Waals surface area contributed by atoms with E-state index in [0.717, 1.165) is 28.2 Å². The number of imidazole rings is 1. The third-order valence-corrected chi connectivity index (χ3v) is 3.16. The number of hydrogen-bond acceptors (Lipinski definition) is 4. The highest BCUT2D eigenvalue weighted by molar-refractivity contribution is 5.80. The molecule has 0 saturated heterocycles. The summed E-state index contributed by atoms with van der Waals surface area (Å²) >= 11 is 0. The normalized spacial score (nSPS) is 10.6. The van der Waals surface area contributed by atoms with Crippen LogP contribution in [0.4, 0.5) is 0 Å². The SMILES string of the molecule is C=CCOc1cc(OCC)ccc1-c1nc2ccncc2[nH]1. The van der Waals surface area contributed by atoms with Crippen LogP contribution in [0.5, 0.6) is 11.5 Å². The number of H-pyrrole nitrogens is 1. The summed E-state index contributed by atoms with van der Waals surface area (Å²) in [6.07, 6.45) is 5.19. The molecular formula is C17H17N3O2. The van der Waals surface area contributed by atoms with Crippen LogP contribution in [0.25, 0.3) is 22.4 Å². The number of aromatic nitrogens is 3. The molecule has 0 aliphatic carbocycles. The minimum atomic E-state index is 0.421. The van der Waals surface area contributed by atoms with Gasteiger partial charge in [-0.3, -0.25) is 4.98 Å². The summed E-state index contributed by atoms with van der Waals surface area (Å²) in [6.45, 7) is 6.66. The van der Waals surface area contributed by atoms with Crippen molar-refractivity contribution in [2.45, 2.75) is 6.92 Å². The molecule has 3 aromatic rings. The van der Waals surface area contributed by atoms with Crippen LogP contribution in [0.15, 0.2) is 49.3 Å². The van der Waals surface area contributed by atoms with Crippen molar-refractivity contribution in [2.75, 3.05) is 13.2 Å². The molecule has 0 radical (unpaired) electrons. The Bertz CT molecular complexity index is 762. The molecule has 0 amide bonds. The predicted molar refractivity (Wildman–Crippen MR) is 86.2 cm³/mol. The van der Waals surface area contributed by atoms with E-state index in [1.807, 2.05) is 31.2 Å². The van der Waals surface area contributed by atoms with Crippen LogP contribution >= 0.6 is 0 Å². The maximum absolute atomic E-state index is 5.75. The fourth-order valence-corrected chi connectivity index (χ4v) is 2.21. The molecule has 0 spiro atoms. The lowest BCUT2D eigenvalue weighted by Crippen LogP contribution is -1.98. The summed E-state index contributed by atoms with van der Waals surface area (Å²) in [5.74, 6) is 2.21. The van der Waals surface area contributed by atoms with Crippen molar-refractivity contribution in [1.29, 1.82) is 0 Å². The highest BCUT2D eigenvalue weighted by atomic mass is 16.5. The maximum Gasteiger partial charge on any atom is 0.142 e. The van der Waals surface area contributed by atoms with Crippen molar-refractivity contribution in [2.24, 2.45) is 0 Å². The second kappa shape index (κ2) is 6.30. The van der Waals surface area contributed by atoms with Gasteiger partial charge in [-0.05, 0) is 25.1 Å². The molecule has 22 heavy (non-hydrogen) atoms. The highest BCUT2D eigenvalue weighted by Gasteiger charge is 2.12. The molecular weight excluding hydrogens is 278 g/mol. The molecule has 0 atom stereocenters. The first kappa shape index (κ1) is 14.1. The monoisotopic (exact) mass is 295 g/mol. The van der Waals surface area contributed by atoms with Crippen LogP contribution in [0.2, 0.25) is 0 Å². The maximum atomic E-state index is 5.75. The fourth-order valence-electron chi connectivity index (χ4n) is 2.21. The molecule has 0 bridgehead atoms. The zero-order chi connectivity index (χ0) is 15.4. The average molecular weight is 295 g/mol. The summed E-state index contributed by atoms with van der Waals surface area (Å²) in [4.78, 5) is 11.9. The molecule has 0 fully saturated rings. The molecule has 0 aliphatic heterocycles. The lowest BCUT2D eigenvalue weighted by Gasteiger charge is -2.11. The van der Waals surface area contributed by atoms with Crippen molar-refractivity contribution in [3.05, 3.63) is 49.3 Å². The molecule has 1 aromatic carbocycles. The van der Waals surface area contributed by atoms with E-state index < -0.39 is 0 Å². The number of ether oxygens (including phenoxy) is 2. The number of fused-ring (bicyclic) bond motifs is 1. The lowest BCUT2D eigenvalue weighted by atomic mass is 10.2. The Morgan fingerprint density at radius 3 is 2.95 bits per heavy atom. The topological polar surface area (TPSA) is 60.0 Å². The van der Waals surface area contributed by atoms with Gasteiger partial charge in [0.15, 0.2) is 0 Å². The van der Waals surface area contributed by atoms with Gasteiger partial charge in [0.1, 0.15) is 23.9 Å². The molecule has 0 aliphatic rings. The first-order chi connectivity index (χ1) is 10.8. The summed E-state index contributed by atoms with van der Waals surface area (Å²) < 4.78 is 11.3. The first-order valence-electron chi connectivity index (χ1n) is 7.12. The van der Waals surface area contributed by atoms with Crippen molar-refractivity contribution < 1.29 is 9.47 Å². The number of aromatic amines is 1. The Kier molecular flexibility index (Phi) is 4.05. The van der Waals surface area contributed by atoms with Crippen LogP contribution in [0.1, 0.15) is 6.92 Å². The number of benzene rings is 1. The van der Waals surface area contributed by atoms with Gasteiger partial charge in [-0.2, -0.15) is 0 Å². The fraction of sp³-hybridized carbons (Fsp3) is 0.176. The quantitative estimate of drug-likeness (QED) is 0.706. The summed E-state index contributed by atoms with van der Waals surface area (Å²) in [7, 11) is 0. The number of nitrogens with zero attached hydrogens (tertiary/aromatic N) is 2. The molecule has 0 saturated carbocycles. The van der Waals surface area contributed by atoms with Crippen molar-refractivity contribution in [1.82, 2.24) is 15.0 Å². The van der Waals surface area contributed by atoms with Gasteiger partial charge in [-0.25, -0.2) is 4.98 Å². The molecule has 2 heterocycles. The van der Waals surface area contributed by atoms with Gasteiger partial charge in [-0.15, -0.1) is 0 Å². The third kappa shape index (κ3) is 2.79. The minimum absolute atomic E-state index is 0.421. The van der Waals surface area contributed by atoms with Gasteiger partial charge >= 0.3 is 0 Å². The zero-order valence-corrected chi connectivity index (χ0v) is 12.4. The van der Waals surface area contributed by atoms with Crippen molar-refractivity contribution in [3.63, 3.8) is 0 Å². The summed E-state index contributed by atoms with van der Waals surface area (Å²) in [6, 6.07) is 7.58. The highest BCUT2D eigenvalue weighted by Crippen LogP contribution is 2.33. The average Bonchev–Trinajstić information content (AvgIpc) is 2.97. The molecule has 2 aromatic heterocycles. The van der Waals surface area contributed by atoms with E-state index in [1.165, 1.54) is 0 Å². The Labute approximate surface area is 128 Å². The van der Waals surface area contributed by atoms with E-state index >= 15 is 0 Å². The van der Waals surface area contributed by atoms with Gasteiger partial charge in [-0.1, -0.05) is 12.7 Å². The predicted octanol–water partition coefficient (Wildman–Crippen LogP) is 3.59. The molecule has 5 nitrogen and oxygen atoms in total. The van der Waals surface area contributed by atoms with Crippen LogP contribution in [0, 0.1) is 0 Å². The van der Waals surface area contributed by atoms with Gasteiger partial charge in [0.25, 0.3) is 0 Å². The van der Waals surface area contributed by atoms with Gasteiger partial charge in [0.2, 0.25) is 0 Å². The molecule has 0 unspecified atom stereocenters. The van der Waals surface area contributed by atoms with Crippen LogP contribution in [0.3, 0.4) is 0 Å². The molecule has 112 valence electrons. The smallest absolute Gasteiger partial charge is 0.142 e. The van der Waals surface area contributed by atoms with E-state index in [0.29, 0.717) is 19.0 Å². The number of rotatable bonds is 6. The summed E-state index contributed by atoms with van der Waals surface area (Å²) in [5, 5.41) is 0. The first-order valence-corrected chi connectivity index (χ1v) is 7.12. The Morgan fingerprint density at radius 1 is 1.27 bits per heavy atom. The van der Waals surface area contributed by atoms with E-state index in [4.69, 9.17) is 9.47 Å². The van der Waals surface area contributed by atoms with Crippen LogP contribution in [-0.2, 0) is 0 Å². The largest absolute Gasteiger partial charge is 0.494 e. The Morgan fingerprint density at radius 2 is 2.18 bits per heavy atom. The second-order valence-electron chi connectivity index (χ2n) is 4.67. The van der Waals surface area contributed by atoms with E-state index in [9.17, 15) is 0 Å². The van der Waals surface area contributed by atoms with E-state index in [1.54, 1.807) is 18.5 Å². The number of hydrogen-bond donors (Lipinski definition) is 1. The van der Waals surface area contributed by atoms with Crippen LogP contribution in [-0.4, -0.2) is 28.2 Å². The van der Waals surface area contributed by atoms with Gasteiger partial charge < -0.3 is 14.5 Å². The lowest BCUT2D eigenvalue weighted by molar-refractivity contribution is 0.331. The van der Waals surface area contributed by atoms with Crippen molar-refractivity contribution >= 4 is 11.0 Å². The van der Waals surface area contributed by atoms with Crippen molar-refractivity contribution in [3.8, 4) is 22.9 Å². The minimum Gasteiger partial charge on any atom is -0.494 e. The van der Waals surface area contributed by atoms with E-state index in [2.05, 4.69) is 21.5 Å². The molecule has 5 heteroatoms. The van der Waals surface area contributed by atoms with Crippen LogP contribution < -0.4 is 9.47 Å². The number of nitrogens with one attached hydrogen (secondary N) is 1. The van der Waals surface area contributed by atoms with Gasteiger partial charge in [0.05, 0.1) is 29.4 Å². The third-order valence-electron chi connectivity index (χ3n) is 3.16. The Balaban J connectivity index is 2.05. The Hall–Kier alpha value is -2.82. The molecule has 3 rings (SSSR count). The number of pyridine rings is 1. The van der Waals surface area contributed by atoms with E-state index in [-0.39, 0.29) is 0 Å². The van der Waals surface area contributed by atoms with Gasteiger partial charge in [0, 0.05) is 12.3 Å². The summed E-state index contributed by atoms with van der Waals surface area (Å²) in [5.41, 5.74) is 2.64. The molecule has 1 N–H and O–H groups in total.